The van der Waals surface area contributed by atoms with Crippen LogP contribution in [0.25, 0.3) is 11.2 Å². The normalized spacial score (nSPS) is 33.9. The van der Waals surface area contributed by atoms with Gasteiger partial charge in [-0.1, -0.05) is 0 Å². The Bertz CT molecular complexity index is 642. The lowest BCUT2D eigenvalue weighted by atomic mass is 10.1. The van der Waals surface area contributed by atoms with Gasteiger partial charge in [0.15, 0.2) is 23.2 Å². The molecular formula is C10H11N5O3. The maximum atomic E-state index is 10.1. The number of aliphatic hydroxyl groups excluding tert-OH is 2. The third-order valence-corrected chi connectivity index (χ3v) is 3.52. The first-order valence-corrected chi connectivity index (χ1v) is 5.66. The van der Waals surface area contributed by atoms with Crippen LogP contribution in [0.1, 0.15) is 24.6 Å². The number of nitrogens with zero attached hydrogens (tertiary/aromatic N) is 4. The predicted octanol–water partition coefficient (Wildman–Crippen LogP) is -0.896. The molecule has 2 aliphatic heterocycles. The zero-order valence-corrected chi connectivity index (χ0v) is 9.26. The first kappa shape index (κ1) is 10.2. The zero-order valence-electron chi connectivity index (χ0n) is 9.26. The summed E-state index contributed by atoms with van der Waals surface area (Å²) in [6, 6.07) is 0. The van der Waals surface area contributed by atoms with Gasteiger partial charge in [0.2, 0.25) is 0 Å². The van der Waals surface area contributed by atoms with Gasteiger partial charge in [-0.3, -0.25) is 4.57 Å². The molecule has 2 bridgehead atoms. The van der Waals surface area contributed by atoms with Gasteiger partial charge in [0.1, 0.15) is 24.4 Å². The van der Waals surface area contributed by atoms with Crippen LogP contribution in [0.3, 0.4) is 0 Å². The van der Waals surface area contributed by atoms with Crippen molar-refractivity contribution in [2.24, 2.45) is 0 Å². The van der Waals surface area contributed by atoms with Crippen molar-refractivity contribution in [2.75, 3.05) is 5.73 Å². The molecule has 0 radical (unpaired) electrons. The molecule has 0 aromatic carbocycles. The first-order valence-electron chi connectivity index (χ1n) is 5.66. The van der Waals surface area contributed by atoms with Gasteiger partial charge in [-0.25, -0.2) is 15.0 Å². The van der Waals surface area contributed by atoms with Gasteiger partial charge >= 0.3 is 0 Å². The van der Waals surface area contributed by atoms with Crippen molar-refractivity contribution >= 4 is 17.0 Å². The summed E-state index contributed by atoms with van der Waals surface area (Å²) < 4.78 is 7.18. The maximum absolute atomic E-state index is 10.1. The molecule has 18 heavy (non-hydrogen) atoms. The Morgan fingerprint density at radius 2 is 2.22 bits per heavy atom. The van der Waals surface area contributed by atoms with Crippen LogP contribution < -0.4 is 5.73 Å². The largest absolute Gasteiger partial charge is 0.388 e. The average molecular weight is 249 g/mol. The third kappa shape index (κ3) is 1.07. The molecule has 4 rings (SSSR count). The summed E-state index contributed by atoms with van der Waals surface area (Å²) in [4.78, 5) is 12.3. The van der Waals surface area contributed by atoms with Crippen molar-refractivity contribution in [2.45, 2.75) is 31.0 Å². The molecule has 0 saturated carbocycles. The summed E-state index contributed by atoms with van der Waals surface area (Å²) in [5.74, 6) is 0.675. The van der Waals surface area contributed by atoms with Crippen LogP contribution in [0.2, 0.25) is 0 Å². The second-order valence-corrected chi connectivity index (χ2v) is 4.58. The fourth-order valence-corrected chi connectivity index (χ4v) is 2.68. The predicted molar refractivity (Wildman–Crippen MR) is 59.2 cm³/mol. The molecule has 4 heterocycles. The zero-order chi connectivity index (χ0) is 12.4. The number of imidazole rings is 1. The molecule has 2 aromatic heterocycles. The molecule has 0 aliphatic carbocycles. The Morgan fingerprint density at radius 3 is 3.06 bits per heavy atom. The van der Waals surface area contributed by atoms with E-state index in [2.05, 4.69) is 15.0 Å². The monoisotopic (exact) mass is 249 g/mol. The highest BCUT2D eigenvalue weighted by molar-refractivity contribution is 5.82. The molecular weight excluding hydrogens is 238 g/mol. The van der Waals surface area contributed by atoms with E-state index in [-0.39, 0.29) is 5.82 Å². The molecule has 94 valence electrons. The topological polar surface area (TPSA) is 119 Å². The van der Waals surface area contributed by atoms with Crippen LogP contribution in [0.15, 0.2) is 6.33 Å². The van der Waals surface area contributed by atoms with Crippen molar-refractivity contribution in [3.05, 3.63) is 12.2 Å². The number of fused-ring (bicyclic) bond motifs is 6. The molecule has 4 unspecified atom stereocenters. The smallest absolute Gasteiger partial charge is 0.167 e. The third-order valence-electron chi connectivity index (χ3n) is 3.52. The second-order valence-electron chi connectivity index (χ2n) is 4.58. The Morgan fingerprint density at radius 1 is 1.39 bits per heavy atom. The van der Waals surface area contributed by atoms with Gasteiger partial charge in [0, 0.05) is 6.42 Å². The van der Waals surface area contributed by atoms with Crippen molar-refractivity contribution in [1.29, 1.82) is 0 Å². The van der Waals surface area contributed by atoms with Gasteiger partial charge in [-0.15, -0.1) is 0 Å². The highest BCUT2D eigenvalue weighted by Crippen LogP contribution is 2.43. The van der Waals surface area contributed by atoms with Crippen molar-refractivity contribution < 1.29 is 14.9 Å². The highest BCUT2D eigenvalue weighted by Gasteiger charge is 2.47. The highest BCUT2D eigenvalue weighted by atomic mass is 16.5. The van der Waals surface area contributed by atoms with Crippen LogP contribution in [0.4, 0.5) is 5.82 Å². The van der Waals surface area contributed by atoms with Crippen LogP contribution in [-0.4, -0.2) is 41.9 Å². The molecule has 2 aliphatic rings. The molecule has 0 amide bonds. The van der Waals surface area contributed by atoms with Gasteiger partial charge in [-0.05, 0) is 0 Å². The van der Waals surface area contributed by atoms with Crippen LogP contribution in [-0.2, 0) is 4.74 Å². The minimum Gasteiger partial charge on any atom is -0.388 e. The molecule has 8 nitrogen and oxygen atoms in total. The molecule has 2 aromatic rings. The van der Waals surface area contributed by atoms with Crippen molar-refractivity contribution in [3.8, 4) is 0 Å². The Hall–Kier alpha value is -1.77. The number of anilines is 1. The van der Waals surface area contributed by atoms with Crippen molar-refractivity contribution in [3.63, 3.8) is 0 Å². The minimum atomic E-state index is -0.882. The molecule has 1 saturated heterocycles. The van der Waals surface area contributed by atoms with Crippen molar-refractivity contribution in [1.82, 2.24) is 19.5 Å². The number of aromatic nitrogens is 4. The number of hydrogen-bond acceptors (Lipinski definition) is 7. The van der Waals surface area contributed by atoms with Gasteiger partial charge < -0.3 is 20.7 Å². The first-order chi connectivity index (χ1) is 8.66. The summed E-state index contributed by atoms with van der Waals surface area (Å²) >= 11 is 0. The van der Waals surface area contributed by atoms with E-state index in [1.165, 1.54) is 6.33 Å². The minimum absolute atomic E-state index is 0.250. The molecule has 0 spiro atoms. The van der Waals surface area contributed by atoms with E-state index in [4.69, 9.17) is 10.5 Å². The van der Waals surface area contributed by atoms with Crippen LogP contribution in [0.5, 0.6) is 0 Å². The van der Waals surface area contributed by atoms with E-state index >= 15 is 0 Å². The molecule has 8 heteroatoms. The Labute approximate surface area is 101 Å². The Balaban J connectivity index is 2.06. The lowest BCUT2D eigenvalue weighted by Gasteiger charge is -2.27. The number of aliphatic hydroxyl groups is 2. The average Bonchev–Trinajstić information content (AvgIpc) is 2.88. The van der Waals surface area contributed by atoms with Crippen LogP contribution >= 0.6 is 0 Å². The number of hydrogen-bond donors (Lipinski definition) is 3. The number of nitrogen functional groups attached to an aromatic ring is 1. The summed E-state index contributed by atoms with van der Waals surface area (Å²) in [5.41, 5.74) is 6.63. The number of nitrogens with two attached hydrogens (primary N) is 1. The van der Waals surface area contributed by atoms with Gasteiger partial charge in [0.25, 0.3) is 0 Å². The van der Waals surface area contributed by atoms with E-state index in [9.17, 15) is 10.2 Å². The van der Waals surface area contributed by atoms with E-state index in [0.29, 0.717) is 23.4 Å². The summed E-state index contributed by atoms with van der Waals surface area (Å²) in [6.45, 7) is 0. The van der Waals surface area contributed by atoms with Gasteiger partial charge in [0.05, 0.1) is 6.10 Å². The fourth-order valence-electron chi connectivity index (χ4n) is 2.68. The molecule has 1 fully saturated rings. The second kappa shape index (κ2) is 3.16. The quantitative estimate of drug-likeness (QED) is 0.553. The standard InChI is InChI=1S/C10H11N5O3/c11-7-5-8(13-2-12-7)15-9(14-5)6(17)4-1-3(16)10(15)18-4/h2-4,6,10,16-17H,1H2,(H2,11,12,13). The van der Waals surface area contributed by atoms with E-state index < -0.39 is 24.5 Å². The number of rotatable bonds is 0. The van der Waals surface area contributed by atoms with Gasteiger partial charge in [-0.2, -0.15) is 0 Å². The summed E-state index contributed by atoms with van der Waals surface area (Å²) in [6.07, 6.45) is -0.841. The SMILES string of the molecule is Nc1ncnc2c1nc1n2C2OC(CC2O)C1O. The maximum Gasteiger partial charge on any atom is 0.167 e. The lowest BCUT2D eigenvalue weighted by Crippen LogP contribution is -2.29. The summed E-state index contributed by atoms with van der Waals surface area (Å²) in [5, 5.41) is 20.1. The Kier molecular flexibility index (Phi) is 1.79. The summed E-state index contributed by atoms with van der Waals surface area (Å²) in [7, 11) is 0. The van der Waals surface area contributed by atoms with E-state index in [1.54, 1.807) is 4.57 Å². The van der Waals surface area contributed by atoms with E-state index in [0.717, 1.165) is 0 Å². The fraction of sp³-hybridized carbons (Fsp3) is 0.500. The molecule has 4 N–H and O–H groups in total. The molecule has 4 atom stereocenters. The van der Waals surface area contributed by atoms with E-state index in [1.807, 2.05) is 0 Å². The lowest BCUT2D eigenvalue weighted by molar-refractivity contribution is -0.105. The number of ether oxygens (including phenoxy) is 1. The van der Waals surface area contributed by atoms with Crippen LogP contribution in [0, 0.1) is 0 Å².